The molecule has 2 amide bonds. The number of benzene rings is 2. The molecule has 0 atom stereocenters. The third kappa shape index (κ3) is 5.29. The minimum atomic E-state index is -0.179. The molecule has 0 unspecified atom stereocenters. The number of amides is 2. The van der Waals surface area contributed by atoms with Gasteiger partial charge in [0.05, 0.1) is 13.7 Å². The summed E-state index contributed by atoms with van der Waals surface area (Å²) in [5.41, 5.74) is 4.28. The van der Waals surface area contributed by atoms with E-state index in [1.54, 1.807) is 24.2 Å². The van der Waals surface area contributed by atoms with E-state index in [9.17, 15) is 4.79 Å². The molecule has 3 rings (SSSR count). The van der Waals surface area contributed by atoms with Crippen molar-refractivity contribution in [3.8, 4) is 5.75 Å². The van der Waals surface area contributed by atoms with Gasteiger partial charge in [-0.1, -0.05) is 36.4 Å². The molecule has 3 aromatic rings. The van der Waals surface area contributed by atoms with Gasteiger partial charge in [-0.3, -0.25) is 0 Å². The van der Waals surface area contributed by atoms with E-state index in [1.807, 2.05) is 42.6 Å². The van der Waals surface area contributed by atoms with Crippen LogP contribution in [-0.2, 0) is 13.1 Å². The lowest BCUT2D eigenvalue weighted by Crippen LogP contribution is -2.35. The Morgan fingerprint density at radius 2 is 2.00 bits per heavy atom. The number of carbonyl (C=O) groups is 1. The summed E-state index contributed by atoms with van der Waals surface area (Å²) >= 11 is 0. The standard InChI is InChI=1S/C24H27N3O2/c1-4-14-27(24(28)25-21-11-7-13-23(16-21)29-3)18-22-12-8-15-26(22)17-20-10-6-5-9-19(20)2/h4-13,15-16H,1,14,17-18H2,2-3H3,(H,25,28). The highest BCUT2D eigenvalue weighted by Gasteiger charge is 2.15. The van der Waals surface area contributed by atoms with Crippen LogP contribution in [0.3, 0.4) is 0 Å². The fourth-order valence-corrected chi connectivity index (χ4v) is 3.19. The number of rotatable bonds is 8. The quantitative estimate of drug-likeness (QED) is 0.547. The van der Waals surface area contributed by atoms with Gasteiger partial charge in [-0.15, -0.1) is 6.58 Å². The Bertz CT molecular complexity index is 978. The second-order valence-electron chi connectivity index (χ2n) is 6.89. The number of hydrogen-bond acceptors (Lipinski definition) is 2. The molecule has 0 saturated carbocycles. The lowest BCUT2D eigenvalue weighted by molar-refractivity contribution is 0.214. The van der Waals surface area contributed by atoms with Crippen LogP contribution in [0, 0.1) is 6.92 Å². The first-order valence-corrected chi connectivity index (χ1v) is 9.60. The van der Waals surface area contributed by atoms with Crippen molar-refractivity contribution in [2.24, 2.45) is 0 Å². The predicted molar refractivity (Wildman–Crippen MR) is 117 cm³/mol. The van der Waals surface area contributed by atoms with Crippen LogP contribution < -0.4 is 10.1 Å². The molecule has 0 fully saturated rings. The molecule has 0 spiro atoms. The van der Waals surface area contributed by atoms with E-state index >= 15 is 0 Å². The summed E-state index contributed by atoms with van der Waals surface area (Å²) in [6.45, 7) is 7.62. The summed E-state index contributed by atoms with van der Waals surface area (Å²) in [7, 11) is 1.60. The largest absolute Gasteiger partial charge is 0.497 e. The number of urea groups is 1. The fraction of sp³-hybridized carbons (Fsp3) is 0.208. The van der Waals surface area contributed by atoms with Gasteiger partial charge in [0.25, 0.3) is 0 Å². The van der Waals surface area contributed by atoms with E-state index in [4.69, 9.17) is 4.74 Å². The van der Waals surface area contributed by atoms with Crippen molar-refractivity contribution in [3.05, 3.63) is 96.3 Å². The molecule has 1 N–H and O–H groups in total. The van der Waals surface area contributed by atoms with Crippen molar-refractivity contribution in [3.63, 3.8) is 0 Å². The number of aryl methyl sites for hydroxylation is 1. The number of hydrogen-bond donors (Lipinski definition) is 1. The zero-order chi connectivity index (χ0) is 20.6. The van der Waals surface area contributed by atoms with E-state index in [-0.39, 0.29) is 6.03 Å². The molecule has 0 aliphatic heterocycles. The van der Waals surface area contributed by atoms with Crippen LogP contribution in [0.2, 0.25) is 0 Å². The minimum Gasteiger partial charge on any atom is -0.497 e. The van der Waals surface area contributed by atoms with Crippen LogP contribution in [0.1, 0.15) is 16.8 Å². The van der Waals surface area contributed by atoms with E-state index in [0.717, 1.165) is 12.2 Å². The second kappa shape index (κ2) is 9.64. The van der Waals surface area contributed by atoms with E-state index in [2.05, 4.69) is 41.6 Å². The third-order valence-electron chi connectivity index (χ3n) is 4.84. The zero-order valence-corrected chi connectivity index (χ0v) is 17.0. The van der Waals surface area contributed by atoms with E-state index in [1.165, 1.54) is 11.1 Å². The van der Waals surface area contributed by atoms with Gasteiger partial charge in [0.2, 0.25) is 0 Å². The summed E-state index contributed by atoms with van der Waals surface area (Å²) in [4.78, 5) is 14.6. The van der Waals surface area contributed by atoms with Crippen molar-refractivity contribution >= 4 is 11.7 Å². The Balaban J connectivity index is 1.74. The summed E-state index contributed by atoms with van der Waals surface area (Å²) in [6.07, 6.45) is 3.79. The van der Waals surface area contributed by atoms with E-state index in [0.29, 0.717) is 24.5 Å². The molecule has 0 saturated heterocycles. The zero-order valence-electron chi connectivity index (χ0n) is 17.0. The first kappa shape index (κ1) is 20.3. The lowest BCUT2D eigenvalue weighted by atomic mass is 10.1. The molecule has 150 valence electrons. The highest BCUT2D eigenvalue weighted by molar-refractivity contribution is 5.89. The number of anilines is 1. The Hall–Kier alpha value is -3.47. The Labute approximate surface area is 172 Å². The molecule has 29 heavy (non-hydrogen) atoms. The van der Waals surface area contributed by atoms with Crippen molar-refractivity contribution in [2.45, 2.75) is 20.0 Å². The number of ether oxygens (including phenoxy) is 1. The number of nitrogens with zero attached hydrogens (tertiary/aromatic N) is 2. The van der Waals surface area contributed by atoms with Gasteiger partial charge in [0, 0.05) is 36.7 Å². The molecular weight excluding hydrogens is 362 g/mol. The number of methoxy groups -OCH3 is 1. The number of carbonyl (C=O) groups excluding carboxylic acids is 1. The topological polar surface area (TPSA) is 46.5 Å². The third-order valence-corrected chi connectivity index (χ3v) is 4.84. The van der Waals surface area contributed by atoms with Gasteiger partial charge in [0.1, 0.15) is 5.75 Å². The molecule has 1 aromatic heterocycles. The highest BCUT2D eigenvalue weighted by Crippen LogP contribution is 2.18. The molecule has 0 aliphatic carbocycles. The average molecular weight is 389 g/mol. The monoisotopic (exact) mass is 389 g/mol. The first-order valence-electron chi connectivity index (χ1n) is 9.60. The maximum atomic E-state index is 12.9. The summed E-state index contributed by atoms with van der Waals surface area (Å²) < 4.78 is 7.40. The van der Waals surface area contributed by atoms with Crippen LogP contribution in [0.4, 0.5) is 10.5 Å². The highest BCUT2D eigenvalue weighted by atomic mass is 16.5. The van der Waals surface area contributed by atoms with Gasteiger partial charge in [-0.25, -0.2) is 4.79 Å². The number of nitrogens with one attached hydrogen (secondary N) is 1. The molecule has 0 bridgehead atoms. The first-order chi connectivity index (χ1) is 14.1. The van der Waals surface area contributed by atoms with Crippen molar-refractivity contribution < 1.29 is 9.53 Å². The second-order valence-corrected chi connectivity index (χ2v) is 6.89. The Kier molecular flexibility index (Phi) is 6.74. The average Bonchev–Trinajstić information content (AvgIpc) is 3.16. The lowest BCUT2D eigenvalue weighted by Gasteiger charge is -2.23. The molecule has 0 radical (unpaired) electrons. The normalized spacial score (nSPS) is 10.4. The smallest absolute Gasteiger partial charge is 0.322 e. The van der Waals surface area contributed by atoms with Crippen LogP contribution >= 0.6 is 0 Å². The molecule has 0 aliphatic rings. The number of aromatic nitrogens is 1. The molecule has 5 nitrogen and oxygen atoms in total. The molecular formula is C24H27N3O2. The van der Waals surface area contributed by atoms with Crippen molar-refractivity contribution in [1.82, 2.24) is 9.47 Å². The van der Waals surface area contributed by atoms with Crippen molar-refractivity contribution in [2.75, 3.05) is 19.0 Å². The van der Waals surface area contributed by atoms with Crippen LogP contribution in [0.5, 0.6) is 5.75 Å². The summed E-state index contributed by atoms with van der Waals surface area (Å²) in [6, 6.07) is 19.6. The van der Waals surface area contributed by atoms with Gasteiger partial charge in [-0.05, 0) is 42.3 Å². The maximum Gasteiger partial charge on any atom is 0.322 e. The predicted octanol–water partition coefficient (Wildman–Crippen LogP) is 5.07. The van der Waals surface area contributed by atoms with Gasteiger partial charge in [-0.2, -0.15) is 0 Å². The maximum absolute atomic E-state index is 12.9. The molecule has 1 heterocycles. The summed E-state index contributed by atoms with van der Waals surface area (Å²) in [5, 5.41) is 2.94. The van der Waals surface area contributed by atoms with Crippen molar-refractivity contribution in [1.29, 1.82) is 0 Å². The SMILES string of the molecule is C=CCN(Cc1cccn1Cc1ccccc1C)C(=O)Nc1cccc(OC)c1. The van der Waals surface area contributed by atoms with Crippen LogP contribution in [0.25, 0.3) is 0 Å². The van der Waals surface area contributed by atoms with Gasteiger partial charge >= 0.3 is 6.03 Å². The molecule has 5 heteroatoms. The van der Waals surface area contributed by atoms with Crippen LogP contribution in [-0.4, -0.2) is 29.2 Å². The Morgan fingerprint density at radius 1 is 1.17 bits per heavy atom. The van der Waals surface area contributed by atoms with Gasteiger partial charge < -0.3 is 19.5 Å². The molecule has 2 aromatic carbocycles. The fourth-order valence-electron chi connectivity index (χ4n) is 3.19. The minimum absolute atomic E-state index is 0.179. The summed E-state index contributed by atoms with van der Waals surface area (Å²) in [5.74, 6) is 0.699. The Morgan fingerprint density at radius 3 is 2.76 bits per heavy atom. The van der Waals surface area contributed by atoms with E-state index < -0.39 is 0 Å². The van der Waals surface area contributed by atoms with Gasteiger partial charge in [0.15, 0.2) is 0 Å². The van der Waals surface area contributed by atoms with Crippen LogP contribution in [0.15, 0.2) is 79.5 Å².